The number of nitrogens with zero attached hydrogens (tertiary/aromatic N) is 1. The molecule has 1 aliphatic rings. The normalized spacial score (nSPS) is 17.2. The molecule has 1 unspecified atom stereocenters. The van der Waals surface area contributed by atoms with Crippen LogP contribution in [0.2, 0.25) is 0 Å². The van der Waals surface area contributed by atoms with Crippen LogP contribution in [0.25, 0.3) is 17.0 Å². The van der Waals surface area contributed by atoms with Gasteiger partial charge in [0.2, 0.25) is 0 Å². The Kier molecular flexibility index (Phi) is 5.71. The summed E-state index contributed by atoms with van der Waals surface area (Å²) in [5, 5.41) is 11.9. The largest absolute Gasteiger partial charge is 0.490 e. The molecular formula is C24H23NO7. The third-order valence-corrected chi connectivity index (χ3v) is 5.46. The van der Waals surface area contributed by atoms with Crippen LogP contribution in [0.15, 0.2) is 57.8 Å². The van der Waals surface area contributed by atoms with Crippen LogP contribution in [0.1, 0.15) is 25.0 Å². The lowest BCUT2D eigenvalue weighted by molar-refractivity contribution is -0.385. The smallest absolute Gasteiger partial charge is 0.336 e. The fraction of sp³-hybridized carbons (Fsp3) is 0.292. The van der Waals surface area contributed by atoms with E-state index in [1.54, 1.807) is 24.3 Å². The highest BCUT2D eigenvalue weighted by molar-refractivity contribution is 5.79. The molecule has 1 atom stereocenters. The van der Waals surface area contributed by atoms with Gasteiger partial charge in [-0.1, -0.05) is 12.2 Å². The minimum absolute atomic E-state index is 0.0764. The van der Waals surface area contributed by atoms with Crippen LogP contribution < -0.4 is 15.1 Å². The van der Waals surface area contributed by atoms with Gasteiger partial charge in [0.15, 0.2) is 5.75 Å². The van der Waals surface area contributed by atoms with Gasteiger partial charge in [-0.15, -0.1) is 0 Å². The minimum atomic E-state index is -0.583. The summed E-state index contributed by atoms with van der Waals surface area (Å²) in [6.45, 7) is 4.25. The van der Waals surface area contributed by atoms with Crippen LogP contribution >= 0.6 is 0 Å². The summed E-state index contributed by atoms with van der Waals surface area (Å²) >= 11 is 0. The zero-order valence-corrected chi connectivity index (χ0v) is 18.0. The Bertz CT molecular complexity index is 1260. The molecular weight excluding hydrogens is 414 g/mol. The van der Waals surface area contributed by atoms with Gasteiger partial charge in [-0.25, -0.2) is 4.79 Å². The molecule has 0 aliphatic carbocycles. The minimum Gasteiger partial charge on any atom is -0.490 e. The number of benzene rings is 2. The highest BCUT2D eigenvalue weighted by Gasteiger charge is 2.38. The molecule has 3 aromatic rings. The highest BCUT2D eigenvalue weighted by Crippen LogP contribution is 2.37. The summed E-state index contributed by atoms with van der Waals surface area (Å²) in [4.78, 5) is 22.0. The Balaban J connectivity index is 1.46. The first-order valence-corrected chi connectivity index (χ1v) is 10.1. The summed E-state index contributed by atoms with van der Waals surface area (Å²) in [5.74, 6) is 0.893. The highest BCUT2D eigenvalue weighted by atomic mass is 16.6. The van der Waals surface area contributed by atoms with E-state index >= 15 is 0 Å². The Hall–Kier alpha value is -3.65. The molecule has 0 bridgehead atoms. The van der Waals surface area contributed by atoms with Gasteiger partial charge in [0, 0.05) is 30.0 Å². The Morgan fingerprint density at radius 3 is 2.78 bits per heavy atom. The maximum absolute atomic E-state index is 11.5. The molecule has 166 valence electrons. The van der Waals surface area contributed by atoms with Gasteiger partial charge >= 0.3 is 11.3 Å². The van der Waals surface area contributed by atoms with Gasteiger partial charge in [0.05, 0.1) is 18.6 Å². The Labute approximate surface area is 184 Å². The zero-order valence-electron chi connectivity index (χ0n) is 18.0. The Morgan fingerprint density at radius 1 is 1.22 bits per heavy atom. The number of rotatable bonds is 6. The van der Waals surface area contributed by atoms with E-state index in [0.29, 0.717) is 24.4 Å². The van der Waals surface area contributed by atoms with Gasteiger partial charge in [-0.3, -0.25) is 10.1 Å². The number of ether oxygens (including phenoxy) is 3. The molecule has 0 saturated carbocycles. The summed E-state index contributed by atoms with van der Waals surface area (Å²) < 4.78 is 22.6. The van der Waals surface area contributed by atoms with Gasteiger partial charge in [0.1, 0.15) is 23.0 Å². The second-order valence-electron chi connectivity index (χ2n) is 8.07. The van der Waals surface area contributed by atoms with Crippen LogP contribution in [0.5, 0.6) is 11.5 Å². The van der Waals surface area contributed by atoms with Crippen molar-refractivity contribution in [1.29, 1.82) is 0 Å². The molecule has 0 fully saturated rings. The van der Waals surface area contributed by atoms with Crippen LogP contribution in [0.3, 0.4) is 0 Å². The molecule has 1 aromatic heterocycles. The van der Waals surface area contributed by atoms with E-state index in [2.05, 4.69) is 0 Å². The van der Waals surface area contributed by atoms with Gasteiger partial charge in [0.25, 0.3) is 0 Å². The number of hydrogen-bond donors (Lipinski definition) is 0. The maximum atomic E-state index is 11.5. The number of methoxy groups -OCH3 is 1. The maximum Gasteiger partial charge on any atom is 0.336 e. The first-order chi connectivity index (χ1) is 15.3. The molecule has 4 rings (SSSR count). The predicted molar refractivity (Wildman–Crippen MR) is 119 cm³/mol. The molecule has 32 heavy (non-hydrogen) atoms. The molecule has 2 heterocycles. The van der Waals surface area contributed by atoms with Crippen LogP contribution in [0.4, 0.5) is 5.69 Å². The number of hydrogen-bond acceptors (Lipinski definition) is 7. The fourth-order valence-corrected chi connectivity index (χ4v) is 3.76. The SMILES string of the molecule is COc1cc(C=CCOC2Cc3cc4ccc(=O)oc4cc3OC2(C)C)ccc1[N+](=O)[O-]. The van der Waals surface area contributed by atoms with E-state index < -0.39 is 16.1 Å². The van der Waals surface area contributed by atoms with Crippen LogP contribution in [-0.4, -0.2) is 30.3 Å². The monoisotopic (exact) mass is 437 g/mol. The second kappa shape index (κ2) is 8.47. The lowest BCUT2D eigenvalue weighted by atomic mass is 9.90. The quantitative estimate of drug-likeness (QED) is 0.317. The molecule has 1 aliphatic heterocycles. The topological polar surface area (TPSA) is 101 Å². The average Bonchev–Trinajstić information content (AvgIpc) is 2.75. The summed E-state index contributed by atoms with van der Waals surface area (Å²) in [6.07, 6.45) is 4.13. The molecule has 8 heteroatoms. The van der Waals surface area contributed by atoms with Crippen LogP contribution in [0, 0.1) is 10.1 Å². The third-order valence-electron chi connectivity index (χ3n) is 5.46. The Morgan fingerprint density at radius 2 is 2.03 bits per heavy atom. The lowest BCUT2D eigenvalue weighted by Crippen LogP contribution is -2.48. The molecule has 0 spiro atoms. The van der Waals surface area contributed by atoms with Crippen molar-refractivity contribution >= 4 is 22.7 Å². The molecule has 0 N–H and O–H groups in total. The van der Waals surface area contributed by atoms with E-state index in [4.69, 9.17) is 18.6 Å². The van der Waals surface area contributed by atoms with Crippen molar-refractivity contribution in [2.75, 3.05) is 13.7 Å². The fourth-order valence-electron chi connectivity index (χ4n) is 3.76. The third kappa shape index (κ3) is 4.36. The van der Waals surface area contributed by atoms with Crippen LogP contribution in [-0.2, 0) is 11.2 Å². The predicted octanol–water partition coefficient (Wildman–Crippen LogP) is 4.52. The molecule has 2 aromatic carbocycles. The summed E-state index contributed by atoms with van der Waals surface area (Å²) in [7, 11) is 1.40. The molecule has 8 nitrogen and oxygen atoms in total. The van der Waals surface area contributed by atoms with Crippen molar-refractivity contribution in [3.8, 4) is 11.5 Å². The second-order valence-corrected chi connectivity index (χ2v) is 8.07. The van der Waals surface area contributed by atoms with Crippen molar-refractivity contribution in [2.45, 2.75) is 32.0 Å². The lowest BCUT2D eigenvalue weighted by Gasteiger charge is -2.39. The number of nitro groups is 1. The van der Waals surface area contributed by atoms with E-state index in [9.17, 15) is 14.9 Å². The summed E-state index contributed by atoms with van der Waals surface area (Å²) in [5.41, 5.74) is 1.19. The summed E-state index contributed by atoms with van der Waals surface area (Å²) in [6, 6.07) is 11.5. The van der Waals surface area contributed by atoms with E-state index in [1.165, 1.54) is 19.2 Å². The zero-order chi connectivity index (χ0) is 22.9. The van der Waals surface area contributed by atoms with Crippen molar-refractivity contribution in [3.63, 3.8) is 0 Å². The van der Waals surface area contributed by atoms with Crippen molar-refractivity contribution < 1.29 is 23.6 Å². The first kappa shape index (κ1) is 21.6. The molecule has 0 saturated heterocycles. The van der Waals surface area contributed by atoms with E-state index in [1.807, 2.05) is 32.1 Å². The molecule has 0 radical (unpaired) electrons. The van der Waals surface area contributed by atoms with Gasteiger partial charge < -0.3 is 18.6 Å². The number of fused-ring (bicyclic) bond motifs is 2. The van der Waals surface area contributed by atoms with Crippen molar-refractivity contribution in [2.24, 2.45) is 0 Å². The van der Waals surface area contributed by atoms with Crippen molar-refractivity contribution in [1.82, 2.24) is 0 Å². The average molecular weight is 437 g/mol. The van der Waals surface area contributed by atoms with E-state index in [0.717, 1.165) is 16.5 Å². The molecule has 0 amide bonds. The van der Waals surface area contributed by atoms with Gasteiger partial charge in [-0.05, 0) is 49.2 Å². The number of nitro benzene ring substituents is 1. The van der Waals surface area contributed by atoms with E-state index in [-0.39, 0.29) is 17.5 Å². The first-order valence-electron chi connectivity index (χ1n) is 10.1. The van der Waals surface area contributed by atoms with Crippen molar-refractivity contribution in [3.05, 3.63) is 80.2 Å². The van der Waals surface area contributed by atoms with Gasteiger partial charge in [-0.2, -0.15) is 0 Å². The standard InChI is InChI=1S/C24H23NO7/c1-24(2)22(13-17-12-16-7-9-23(26)31-19(16)14-20(17)32-24)30-10-4-5-15-6-8-18(25(27)28)21(11-15)29-3/h4-9,11-12,14,22H,10,13H2,1-3H3.